The van der Waals surface area contributed by atoms with Gasteiger partial charge in [-0.25, -0.2) is 0 Å². The van der Waals surface area contributed by atoms with Gasteiger partial charge in [-0.15, -0.1) is 11.8 Å². The summed E-state index contributed by atoms with van der Waals surface area (Å²) >= 11 is 1.32. The first-order valence-corrected chi connectivity index (χ1v) is 10.0. The van der Waals surface area contributed by atoms with Gasteiger partial charge < -0.3 is 4.74 Å². The van der Waals surface area contributed by atoms with Crippen LogP contribution < -0.4 is 0 Å². The van der Waals surface area contributed by atoms with Gasteiger partial charge in [-0.1, -0.05) is 32.6 Å². The molecule has 0 bridgehead atoms. The summed E-state index contributed by atoms with van der Waals surface area (Å²) in [7, 11) is 0. The van der Waals surface area contributed by atoms with E-state index < -0.39 is 12.8 Å². The van der Waals surface area contributed by atoms with Crippen molar-refractivity contribution >= 4 is 18.5 Å². The molecule has 0 radical (unpaired) electrons. The van der Waals surface area contributed by atoms with E-state index >= 15 is 0 Å². The number of aliphatic imine (C=N–C) groups is 1. The summed E-state index contributed by atoms with van der Waals surface area (Å²) in [5.74, 6) is 1.73. The first kappa shape index (κ1) is 20.8. The summed E-state index contributed by atoms with van der Waals surface area (Å²) < 4.78 is 41.0. The van der Waals surface area contributed by atoms with Crippen LogP contribution >= 0.6 is 11.8 Å². The minimum absolute atomic E-state index is 0.00806. The number of thioether (sulfide) groups is 1. The van der Waals surface area contributed by atoms with Gasteiger partial charge in [-0.3, -0.25) is 9.89 Å². The van der Waals surface area contributed by atoms with Crippen molar-refractivity contribution in [2.75, 3.05) is 32.2 Å². The van der Waals surface area contributed by atoms with Crippen molar-refractivity contribution in [2.24, 2.45) is 16.8 Å². The molecule has 0 N–H and O–H groups in total. The maximum atomic E-state index is 12.1. The van der Waals surface area contributed by atoms with Crippen LogP contribution in [0.5, 0.6) is 0 Å². The number of hydrogen-bond donors (Lipinski definition) is 0. The van der Waals surface area contributed by atoms with E-state index in [9.17, 15) is 13.2 Å². The molecule has 1 heterocycles. The maximum absolute atomic E-state index is 12.1. The van der Waals surface area contributed by atoms with Crippen molar-refractivity contribution in [3.63, 3.8) is 0 Å². The van der Waals surface area contributed by atoms with Gasteiger partial charge >= 0.3 is 6.18 Å². The van der Waals surface area contributed by atoms with Crippen LogP contribution in [-0.4, -0.2) is 50.0 Å². The highest BCUT2D eigenvalue weighted by Crippen LogP contribution is 2.32. The number of rotatable bonds is 8. The van der Waals surface area contributed by atoms with Gasteiger partial charge in [0.2, 0.25) is 0 Å². The number of nitrogens with zero attached hydrogens (tertiary/aromatic N) is 2. The first-order valence-electron chi connectivity index (χ1n) is 9.05. The molecule has 0 aromatic rings. The molecule has 0 amide bonds. The number of hydrogen-bond acceptors (Lipinski definition) is 4. The van der Waals surface area contributed by atoms with Crippen LogP contribution in [0.15, 0.2) is 15.6 Å². The summed E-state index contributed by atoms with van der Waals surface area (Å²) in [5, 5.41) is 0. The Morgan fingerprint density at radius 1 is 1.28 bits per heavy atom. The summed E-state index contributed by atoms with van der Waals surface area (Å²) in [4.78, 5) is 7.51. The molecule has 0 aromatic carbocycles. The lowest BCUT2D eigenvalue weighted by molar-refractivity contribution is -0.168. The zero-order valence-corrected chi connectivity index (χ0v) is 15.8. The van der Waals surface area contributed by atoms with Crippen molar-refractivity contribution in [1.82, 2.24) is 4.90 Å². The third-order valence-electron chi connectivity index (χ3n) is 5.11. The van der Waals surface area contributed by atoms with Crippen LogP contribution in [0.4, 0.5) is 13.2 Å². The molecule has 0 aromatic heterocycles. The Bertz CT molecular complexity index is 460. The van der Waals surface area contributed by atoms with Crippen LogP contribution in [0.2, 0.25) is 0 Å². The summed E-state index contributed by atoms with van der Waals surface area (Å²) in [6, 6.07) is 0. The van der Waals surface area contributed by atoms with E-state index in [1.165, 1.54) is 43.9 Å². The Morgan fingerprint density at radius 3 is 2.64 bits per heavy atom. The van der Waals surface area contributed by atoms with Crippen molar-refractivity contribution in [3.8, 4) is 0 Å². The Hall–Kier alpha value is -0.530. The monoisotopic (exact) mass is 378 g/mol. The van der Waals surface area contributed by atoms with Gasteiger partial charge in [0.05, 0.1) is 11.6 Å². The van der Waals surface area contributed by atoms with E-state index in [4.69, 9.17) is 0 Å². The van der Waals surface area contributed by atoms with Gasteiger partial charge in [-0.2, -0.15) is 13.2 Å². The fourth-order valence-corrected chi connectivity index (χ4v) is 4.36. The normalized spacial score (nSPS) is 26.1. The van der Waals surface area contributed by atoms with Gasteiger partial charge in [0.25, 0.3) is 0 Å². The molecule has 7 heteroatoms. The molecule has 1 saturated carbocycles. The van der Waals surface area contributed by atoms with E-state index in [0.717, 1.165) is 48.5 Å². The molecular weight excluding hydrogens is 349 g/mol. The average Bonchev–Trinajstić information content (AvgIpc) is 2.58. The quantitative estimate of drug-likeness (QED) is 0.334. The van der Waals surface area contributed by atoms with E-state index in [-0.39, 0.29) is 5.94 Å². The molecule has 2 aliphatic rings. The molecule has 0 atom stereocenters. The average molecular weight is 379 g/mol. The second-order valence-electron chi connectivity index (χ2n) is 7.19. The molecule has 0 spiro atoms. The maximum Gasteiger partial charge on any atom is 0.411 e. The fraction of sp³-hybridized carbons (Fsp3) is 0.833. The second-order valence-corrected chi connectivity index (χ2v) is 8.21. The van der Waals surface area contributed by atoms with Gasteiger partial charge in [-0.05, 0) is 37.9 Å². The predicted molar refractivity (Wildman–Crippen MR) is 97.8 cm³/mol. The Labute approximate surface area is 153 Å². The van der Waals surface area contributed by atoms with Crippen molar-refractivity contribution in [3.05, 3.63) is 10.6 Å². The lowest BCUT2D eigenvalue weighted by Gasteiger charge is -2.32. The second kappa shape index (κ2) is 9.97. The topological polar surface area (TPSA) is 24.8 Å². The van der Waals surface area contributed by atoms with Gasteiger partial charge in [0.15, 0.2) is 0 Å². The van der Waals surface area contributed by atoms with E-state index in [1.807, 2.05) is 0 Å². The van der Waals surface area contributed by atoms with E-state index in [0.29, 0.717) is 0 Å². The smallest absolute Gasteiger partial charge is 0.361 e. The number of halogens is 3. The summed E-state index contributed by atoms with van der Waals surface area (Å²) in [5.41, 5.74) is 0.893. The third-order valence-corrected chi connectivity index (χ3v) is 6.19. The lowest BCUT2D eigenvalue weighted by atomic mass is 9.81. The van der Waals surface area contributed by atoms with E-state index in [1.54, 1.807) is 0 Å². The first-order chi connectivity index (χ1) is 11.9. The predicted octanol–water partition coefficient (Wildman–Crippen LogP) is 5.09. The Morgan fingerprint density at radius 2 is 2.00 bits per heavy atom. The fourth-order valence-electron chi connectivity index (χ4n) is 3.52. The van der Waals surface area contributed by atoms with Gasteiger partial charge in [0.1, 0.15) is 6.61 Å². The Balaban J connectivity index is 1.72. The SMILES string of the molecule is C=NC1=C(SCOCC(F)(F)F)CCN(CCC2CCC(C)CC2)C1. The van der Waals surface area contributed by atoms with Crippen molar-refractivity contribution in [1.29, 1.82) is 0 Å². The molecule has 25 heavy (non-hydrogen) atoms. The van der Waals surface area contributed by atoms with Crippen LogP contribution in [0.25, 0.3) is 0 Å². The molecule has 3 nitrogen and oxygen atoms in total. The van der Waals surface area contributed by atoms with Crippen LogP contribution in [0.3, 0.4) is 0 Å². The molecule has 0 saturated heterocycles. The highest BCUT2D eigenvalue weighted by molar-refractivity contribution is 8.02. The minimum atomic E-state index is -4.27. The molecular formula is C18H29F3N2OS. The van der Waals surface area contributed by atoms with Crippen molar-refractivity contribution < 1.29 is 17.9 Å². The zero-order chi connectivity index (χ0) is 18.3. The number of ether oxygens (including phenoxy) is 1. The highest BCUT2D eigenvalue weighted by atomic mass is 32.2. The third kappa shape index (κ3) is 7.71. The van der Waals surface area contributed by atoms with Crippen LogP contribution in [0, 0.1) is 11.8 Å². The summed E-state index contributed by atoms with van der Waals surface area (Å²) in [6.07, 6.45) is 3.16. The number of alkyl halides is 3. The standard InChI is InChI=1S/C18H29F3N2OS/c1-14-3-5-15(6-4-14)7-9-23-10-8-17(16(11-23)22-2)25-13-24-12-18(19,20)21/h14-15H,2-13H2,1H3. The molecule has 144 valence electrons. The van der Waals surface area contributed by atoms with E-state index in [2.05, 4.69) is 28.3 Å². The molecule has 1 aliphatic carbocycles. The molecule has 1 fully saturated rings. The highest BCUT2D eigenvalue weighted by Gasteiger charge is 2.27. The van der Waals surface area contributed by atoms with Crippen molar-refractivity contribution in [2.45, 2.75) is 51.6 Å². The molecule has 2 rings (SSSR count). The molecule has 0 unspecified atom stereocenters. The minimum Gasteiger partial charge on any atom is -0.361 e. The van der Waals surface area contributed by atoms with Crippen LogP contribution in [0.1, 0.15) is 45.4 Å². The largest absolute Gasteiger partial charge is 0.411 e. The summed E-state index contributed by atoms with van der Waals surface area (Å²) in [6.45, 7) is 7.52. The lowest BCUT2D eigenvalue weighted by Crippen LogP contribution is -2.33. The Kier molecular flexibility index (Phi) is 8.29. The zero-order valence-electron chi connectivity index (χ0n) is 15.0. The van der Waals surface area contributed by atoms with Gasteiger partial charge in [0, 0.05) is 18.0 Å². The molecule has 1 aliphatic heterocycles. The van der Waals surface area contributed by atoms with Crippen LogP contribution in [-0.2, 0) is 4.74 Å².